The number of nitrogens with zero attached hydrogens (tertiary/aromatic N) is 3. The Hall–Kier alpha value is -2.08. The summed E-state index contributed by atoms with van der Waals surface area (Å²) in [5, 5.41) is 0. The van der Waals surface area contributed by atoms with E-state index in [2.05, 4.69) is 28.5 Å². The molecule has 2 amide bonds. The lowest BCUT2D eigenvalue weighted by atomic mass is 9.79. The first-order chi connectivity index (χ1) is 18.3. The van der Waals surface area contributed by atoms with Crippen LogP contribution >= 0.6 is 0 Å². The topological polar surface area (TPSA) is 53.1 Å². The molecular formula is C32H49N3O3. The molecule has 6 nitrogen and oxygen atoms in total. The van der Waals surface area contributed by atoms with Gasteiger partial charge in [-0.3, -0.25) is 9.69 Å². The number of aryl methyl sites for hydroxylation is 2. The second-order valence-electron chi connectivity index (χ2n) is 13.1. The number of carbonyl (C=O) groups excluding carboxylic acids is 2. The molecule has 3 aliphatic heterocycles. The highest BCUT2D eigenvalue weighted by atomic mass is 16.6. The summed E-state index contributed by atoms with van der Waals surface area (Å²) >= 11 is 0. The van der Waals surface area contributed by atoms with Crippen molar-refractivity contribution in [2.75, 3.05) is 32.7 Å². The average molecular weight is 524 g/mol. The number of piperidine rings is 2. The Morgan fingerprint density at radius 3 is 2.21 bits per heavy atom. The van der Waals surface area contributed by atoms with Crippen LogP contribution in [0.2, 0.25) is 0 Å². The van der Waals surface area contributed by atoms with Crippen molar-refractivity contribution in [1.82, 2.24) is 14.7 Å². The molecule has 0 bridgehead atoms. The third kappa shape index (κ3) is 5.61. The van der Waals surface area contributed by atoms with Gasteiger partial charge in [-0.2, -0.15) is 0 Å². The smallest absolute Gasteiger partial charge is 0.410 e. The van der Waals surface area contributed by atoms with E-state index in [9.17, 15) is 9.59 Å². The number of likely N-dealkylation sites (tertiary alicyclic amines) is 2. The van der Waals surface area contributed by atoms with Gasteiger partial charge in [0.05, 0.1) is 6.04 Å². The summed E-state index contributed by atoms with van der Waals surface area (Å²) in [6.07, 6.45) is 11.3. The van der Waals surface area contributed by atoms with Crippen LogP contribution < -0.4 is 0 Å². The molecule has 5 rings (SSSR count). The molecule has 210 valence electrons. The lowest BCUT2D eigenvalue weighted by Gasteiger charge is -2.46. The van der Waals surface area contributed by atoms with E-state index in [-0.39, 0.29) is 23.6 Å². The summed E-state index contributed by atoms with van der Waals surface area (Å²) in [6, 6.07) is 6.81. The first-order valence-corrected chi connectivity index (χ1v) is 15.4. The Morgan fingerprint density at radius 1 is 0.974 bits per heavy atom. The van der Waals surface area contributed by atoms with Gasteiger partial charge in [-0.05, 0) is 68.9 Å². The highest BCUT2D eigenvalue weighted by Gasteiger charge is 2.55. The van der Waals surface area contributed by atoms with E-state index in [1.165, 1.54) is 32.1 Å². The minimum atomic E-state index is -0.328. The van der Waals surface area contributed by atoms with Gasteiger partial charge in [0.2, 0.25) is 0 Å². The van der Waals surface area contributed by atoms with E-state index in [1.807, 2.05) is 32.0 Å². The molecule has 4 aliphatic rings. The van der Waals surface area contributed by atoms with Crippen LogP contribution in [0.3, 0.4) is 0 Å². The first-order valence-electron chi connectivity index (χ1n) is 15.4. The van der Waals surface area contributed by atoms with Gasteiger partial charge in [0.15, 0.2) is 0 Å². The van der Waals surface area contributed by atoms with Gasteiger partial charge in [-0.25, -0.2) is 4.79 Å². The fraction of sp³-hybridized carbons (Fsp3) is 0.750. The lowest BCUT2D eigenvalue weighted by Crippen LogP contribution is -2.56. The highest BCUT2D eigenvalue weighted by molar-refractivity contribution is 5.97. The molecule has 4 fully saturated rings. The molecular weight excluding hydrogens is 474 g/mol. The average Bonchev–Trinajstić information content (AvgIpc) is 3.14. The van der Waals surface area contributed by atoms with Gasteiger partial charge in [-0.15, -0.1) is 0 Å². The summed E-state index contributed by atoms with van der Waals surface area (Å²) in [5.41, 5.74) is 2.69. The van der Waals surface area contributed by atoms with Crippen molar-refractivity contribution in [2.24, 2.45) is 11.8 Å². The molecule has 0 aromatic heterocycles. The van der Waals surface area contributed by atoms with Crippen molar-refractivity contribution >= 4 is 12.0 Å². The third-order valence-corrected chi connectivity index (χ3v) is 9.99. The molecule has 1 atom stereocenters. The lowest BCUT2D eigenvalue weighted by molar-refractivity contribution is -0.0403. The largest absolute Gasteiger partial charge is 0.440 e. The molecule has 3 saturated heterocycles. The van der Waals surface area contributed by atoms with Crippen LogP contribution in [0, 0.1) is 25.7 Å². The maximum atomic E-state index is 13.3. The molecule has 1 aromatic rings. The van der Waals surface area contributed by atoms with Gasteiger partial charge in [0.25, 0.3) is 5.91 Å². The Kier molecular flexibility index (Phi) is 8.37. The molecule has 1 spiro atoms. The second-order valence-corrected chi connectivity index (χ2v) is 13.1. The number of benzene rings is 1. The van der Waals surface area contributed by atoms with Crippen LogP contribution in [0.25, 0.3) is 0 Å². The Labute approximate surface area is 230 Å². The fourth-order valence-corrected chi connectivity index (χ4v) is 7.80. The number of ether oxygens (including phenoxy) is 1. The Balaban J connectivity index is 1.19. The molecule has 0 radical (unpaired) electrons. The molecule has 3 heterocycles. The monoisotopic (exact) mass is 523 g/mol. The second kappa shape index (κ2) is 11.6. The van der Waals surface area contributed by atoms with Crippen LogP contribution in [-0.4, -0.2) is 77.1 Å². The summed E-state index contributed by atoms with van der Waals surface area (Å²) in [7, 11) is 0. The summed E-state index contributed by atoms with van der Waals surface area (Å²) in [5.74, 6) is 1.36. The molecule has 1 unspecified atom stereocenters. The molecule has 0 N–H and O–H groups in total. The first kappa shape index (κ1) is 27.5. The van der Waals surface area contributed by atoms with Gasteiger partial charge < -0.3 is 14.5 Å². The van der Waals surface area contributed by atoms with Crippen LogP contribution in [0.5, 0.6) is 0 Å². The maximum Gasteiger partial charge on any atom is 0.410 e. The third-order valence-electron chi connectivity index (χ3n) is 9.99. The van der Waals surface area contributed by atoms with E-state index in [4.69, 9.17) is 4.74 Å². The maximum absolute atomic E-state index is 13.3. The number of rotatable bonds is 6. The normalized spacial score (nSPS) is 25.4. The van der Waals surface area contributed by atoms with E-state index >= 15 is 0 Å². The SMILES string of the molecule is Cc1cccc(C)c1C(=O)N1CCC(N2CCC3(CC2)OC(=O)N(CC2CCCCC2)C3CC(C)C)CC1. The quantitative estimate of drug-likeness (QED) is 0.446. The number of hydrogen-bond acceptors (Lipinski definition) is 4. The molecule has 1 aromatic carbocycles. The van der Waals surface area contributed by atoms with Crippen molar-refractivity contribution in [3.63, 3.8) is 0 Å². The molecule has 38 heavy (non-hydrogen) atoms. The van der Waals surface area contributed by atoms with E-state index in [1.54, 1.807) is 0 Å². The Morgan fingerprint density at radius 2 is 1.61 bits per heavy atom. The predicted molar refractivity (Wildman–Crippen MR) is 151 cm³/mol. The van der Waals surface area contributed by atoms with Gasteiger partial charge in [0.1, 0.15) is 5.60 Å². The number of hydrogen-bond donors (Lipinski definition) is 0. The summed E-state index contributed by atoms with van der Waals surface area (Å²) < 4.78 is 6.32. The molecule has 1 aliphatic carbocycles. The summed E-state index contributed by atoms with van der Waals surface area (Å²) in [6.45, 7) is 13.1. The van der Waals surface area contributed by atoms with Crippen LogP contribution in [0.4, 0.5) is 4.79 Å². The van der Waals surface area contributed by atoms with Crippen molar-refractivity contribution < 1.29 is 14.3 Å². The van der Waals surface area contributed by atoms with Crippen molar-refractivity contribution in [2.45, 2.75) is 110 Å². The number of amides is 2. The zero-order chi connectivity index (χ0) is 26.9. The van der Waals surface area contributed by atoms with E-state index in [0.717, 1.165) is 81.5 Å². The molecule has 1 saturated carbocycles. The van der Waals surface area contributed by atoms with Crippen molar-refractivity contribution in [3.05, 3.63) is 34.9 Å². The summed E-state index contributed by atoms with van der Waals surface area (Å²) in [4.78, 5) is 33.3. The van der Waals surface area contributed by atoms with Gasteiger partial charge in [0, 0.05) is 57.2 Å². The standard InChI is InChI=1S/C32H49N3O3/c1-23(2)21-28-32(38-31(37)35(28)22-26-11-6-5-7-12-26)15-19-33(20-16-32)27-13-17-34(18-14-27)30(36)29-24(3)9-8-10-25(29)4/h8-10,23,26-28H,5-7,11-22H2,1-4H3. The minimum absolute atomic E-state index is 0.0620. The zero-order valence-electron chi connectivity index (χ0n) is 24.2. The van der Waals surface area contributed by atoms with Gasteiger partial charge >= 0.3 is 6.09 Å². The van der Waals surface area contributed by atoms with E-state index < -0.39 is 0 Å². The fourth-order valence-electron chi connectivity index (χ4n) is 7.80. The molecule has 6 heteroatoms. The van der Waals surface area contributed by atoms with Crippen molar-refractivity contribution in [1.29, 1.82) is 0 Å². The van der Waals surface area contributed by atoms with E-state index in [0.29, 0.717) is 17.9 Å². The van der Waals surface area contributed by atoms with Crippen LogP contribution in [-0.2, 0) is 4.74 Å². The minimum Gasteiger partial charge on any atom is -0.440 e. The zero-order valence-corrected chi connectivity index (χ0v) is 24.2. The van der Waals surface area contributed by atoms with Crippen molar-refractivity contribution in [3.8, 4) is 0 Å². The number of carbonyl (C=O) groups is 2. The van der Waals surface area contributed by atoms with Gasteiger partial charge in [-0.1, -0.05) is 51.3 Å². The Bertz CT molecular complexity index is 965. The predicted octanol–water partition coefficient (Wildman–Crippen LogP) is 6.19. The highest BCUT2D eigenvalue weighted by Crippen LogP contribution is 2.43. The van der Waals surface area contributed by atoms with Crippen LogP contribution in [0.1, 0.15) is 99.5 Å². The van der Waals surface area contributed by atoms with Crippen LogP contribution in [0.15, 0.2) is 18.2 Å².